The summed E-state index contributed by atoms with van der Waals surface area (Å²) in [6.45, 7) is 5.58. The average Bonchev–Trinajstić information content (AvgIpc) is 1.59. The molecule has 0 aliphatic rings. The van der Waals surface area contributed by atoms with Gasteiger partial charge in [-0.1, -0.05) is 0 Å². The molecule has 0 fully saturated rings. The van der Waals surface area contributed by atoms with Crippen LogP contribution in [-0.2, 0) is 9.29 Å². The zero-order chi connectivity index (χ0) is 7.49. The maximum Gasteiger partial charge on any atom is 0.303 e. The molecule has 0 saturated heterocycles. The van der Waals surface area contributed by atoms with Crippen molar-refractivity contribution >= 4 is 28.6 Å². The lowest BCUT2D eigenvalue weighted by molar-refractivity contribution is 0.166. The van der Waals surface area contributed by atoms with Crippen molar-refractivity contribution in [3.63, 3.8) is 0 Å². The molecule has 0 heterocycles. The molecule has 0 aromatic carbocycles. The maximum absolute atomic E-state index is 10.1. The minimum absolute atomic E-state index is 0.293. The quantitative estimate of drug-likeness (QED) is 0.440. The van der Waals surface area contributed by atoms with Crippen LogP contribution in [0.1, 0.15) is 20.8 Å². The van der Waals surface area contributed by atoms with Gasteiger partial charge in [0.05, 0.1) is 17.6 Å². The van der Waals surface area contributed by atoms with Crippen molar-refractivity contribution in [2.75, 3.05) is 0 Å². The highest BCUT2D eigenvalue weighted by Crippen LogP contribution is 2.17. The summed E-state index contributed by atoms with van der Waals surface area (Å²) < 4.78 is 4.53. The molecule has 0 unspecified atom stereocenters. The van der Waals surface area contributed by atoms with Crippen molar-refractivity contribution in [3.05, 3.63) is 0 Å². The van der Waals surface area contributed by atoms with Gasteiger partial charge in [0.1, 0.15) is 0 Å². The molecule has 0 spiro atoms. The van der Waals surface area contributed by atoms with Gasteiger partial charge in [-0.2, -0.15) is 0 Å². The zero-order valence-electron chi connectivity index (χ0n) is 5.63. The van der Waals surface area contributed by atoms with Crippen LogP contribution in [0.15, 0.2) is 0 Å². The van der Waals surface area contributed by atoms with Gasteiger partial charge in [0.25, 0.3) is 0 Å². The first-order valence-corrected chi connectivity index (χ1v) is 3.63. The van der Waals surface area contributed by atoms with E-state index in [9.17, 15) is 5.11 Å². The Labute approximate surface area is 64.8 Å². The topological polar surface area (TPSA) is 29.1 Å². The molecule has 0 aromatic heterocycles. The molecule has 0 rings (SSSR count). The van der Waals surface area contributed by atoms with Gasteiger partial charge >= 0.3 is 4.38 Å². The lowest BCUT2D eigenvalue weighted by Crippen LogP contribution is -2.15. The minimum Gasteiger partial charge on any atom is -0.301 e. The molecule has 0 amide bonds. The van der Waals surface area contributed by atoms with E-state index in [2.05, 4.69) is 12.2 Å². The highest BCUT2D eigenvalue weighted by Gasteiger charge is 2.12. The van der Waals surface area contributed by atoms with Crippen LogP contribution in [0.4, 0.5) is 0 Å². The third kappa shape index (κ3) is 8.20. The fraction of sp³-hybridized carbons (Fsp3) is 0.800. The molecule has 9 heavy (non-hydrogen) atoms. The summed E-state index contributed by atoms with van der Waals surface area (Å²) in [5.74, 6) is 0. The van der Waals surface area contributed by atoms with Crippen LogP contribution in [-0.4, -0.2) is 9.98 Å². The molecule has 2 nitrogen and oxygen atoms in total. The first-order valence-electron chi connectivity index (χ1n) is 2.48. The standard InChI is InChI=1S/C5H9O2S2/c1-5(2,3)7-9-4(6)8/h1-3H3. The molecule has 53 valence electrons. The Morgan fingerprint density at radius 3 is 2.11 bits per heavy atom. The lowest BCUT2D eigenvalue weighted by atomic mass is 10.2. The van der Waals surface area contributed by atoms with Crippen molar-refractivity contribution in [1.29, 1.82) is 0 Å². The van der Waals surface area contributed by atoms with Gasteiger partial charge in [0, 0.05) is 0 Å². The van der Waals surface area contributed by atoms with Crippen LogP contribution in [0.2, 0.25) is 0 Å². The van der Waals surface area contributed by atoms with Crippen molar-refractivity contribution in [2.45, 2.75) is 26.4 Å². The zero-order valence-corrected chi connectivity index (χ0v) is 7.27. The molecule has 0 bridgehead atoms. The fourth-order valence-electron chi connectivity index (χ4n) is 0.159. The summed E-state index contributed by atoms with van der Waals surface area (Å²) >= 11 is 4.96. The molecular weight excluding hydrogens is 156 g/mol. The SMILES string of the molecule is CC(C)(C)OSC([O])=S. The summed E-state index contributed by atoms with van der Waals surface area (Å²) in [6.07, 6.45) is 0. The largest absolute Gasteiger partial charge is 0.303 e. The van der Waals surface area contributed by atoms with E-state index in [0.29, 0.717) is 12.0 Å². The van der Waals surface area contributed by atoms with E-state index < -0.39 is 4.38 Å². The first kappa shape index (κ1) is 9.20. The van der Waals surface area contributed by atoms with E-state index in [-0.39, 0.29) is 5.60 Å². The maximum atomic E-state index is 10.1. The third-order valence-electron chi connectivity index (χ3n) is 0.360. The van der Waals surface area contributed by atoms with Gasteiger partial charge in [-0.25, -0.2) is 0 Å². The van der Waals surface area contributed by atoms with Crippen molar-refractivity contribution in [3.8, 4) is 0 Å². The summed E-state index contributed by atoms with van der Waals surface area (Å²) in [7, 11) is 0. The minimum atomic E-state index is -0.426. The van der Waals surface area contributed by atoms with Crippen LogP contribution in [0.25, 0.3) is 0 Å². The Morgan fingerprint density at radius 2 is 2.00 bits per heavy atom. The van der Waals surface area contributed by atoms with Gasteiger partial charge in [-0.3, -0.25) is 5.11 Å². The molecule has 0 N–H and O–H groups in total. The van der Waals surface area contributed by atoms with Crippen LogP contribution < -0.4 is 0 Å². The highest BCUT2D eigenvalue weighted by atomic mass is 32.2. The Kier molecular flexibility index (Phi) is 3.46. The molecule has 0 aliphatic heterocycles. The van der Waals surface area contributed by atoms with Crippen LogP contribution >= 0.6 is 24.3 Å². The number of hydrogen-bond acceptors (Lipinski definition) is 3. The second-order valence-electron chi connectivity index (χ2n) is 2.53. The Hall–Kier alpha value is 0.200. The van der Waals surface area contributed by atoms with Gasteiger partial charge in [0.2, 0.25) is 0 Å². The van der Waals surface area contributed by atoms with Gasteiger partial charge in [-0.05, 0) is 33.0 Å². The van der Waals surface area contributed by atoms with Crippen LogP contribution in [0.5, 0.6) is 0 Å². The number of thiocarbonyl (C=S) groups is 1. The molecule has 4 heteroatoms. The highest BCUT2D eigenvalue weighted by molar-refractivity contribution is 8.19. The van der Waals surface area contributed by atoms with Gasteiger partial charge in [0.15, 0.2) is 0 Å². The summed E-state index contributed by atoms with van der Waals surface area (Å²) in [6, 6.07) is 0. The van der Waals surface area contributed by atoms with E-state index in [4.69, 9.17) is 4.18 Å². The monoisotopic (exact) mass is 165 g/mol. The normalized spacial score (nSPS) is 11.4. The average molecular weight is 165 g/mol. The van der Waals surface area contributed by atoms with E-state index in [0.717, 1.165) is 0 Å². The van der Waals surface area contributed by atoms with E-state index in [1.165, 1.54) is 0 Å². The second-order valence-corrected chi connectivity index (χ2v) is 3.86. The Bertz CT molecular complexity index is 106. The van der Waals surface area contributed by atoms with Crippen molar-refractivity contribution in [2.24, 2.45) is 0 Å². The Balaban J connectivity index is 3.39. The fourth-order valence-corrected chi connectivity index (χ4v) is 0.579. The van der Waals surface area contributed by atoms with Gasteiger partial charge < -0.3 is 4.18 Å². The lowest BCUT2D eigenvalue weighted by Gasteiger charge is -2.15. The van der Waals surface area contributed by atoms with Crippen molar-refractivity contribution < 1.29 is 9.29 Å². The molecule has 0 aromatic rings. The Morgan fingerprint density at radius 1 is 1.56 bits per heavy atom. The molecule has 0 saturated carbocycles. The van der Waals surface area contributed by atoms with E-state index >= 15 is 0 Å². The summed E-state index contributed by atoms with van der Waals surface area (Å²) in [5.41, 5.74) is -0.293. The predicted octanol–water partition coefficient (Wildman–Crippen LogP) is 2.17. The van der Waals surface area contributed by atoms with Gasteiger partial charge in [-0.15, -0.1) is 0 Å². The van der Waals surface area contributed by atoms with E-state index in [1.54, 1.807) is 0 Å². The van der Waals surface area contributed by atoms with E-state index in [1.807, 2.05) is 20.8 Å². The number of rotatable bonds is 1. The predicted molar refractivity (Wildman–Crippen MR) is 41.7 cm³/mol. The second kappa shape index (κ2) is 3.39. The molecule has 1 radical (unpaired) electrons. The summed E-state index contributed by atoms with van der Waals surface area (Å²) in [5, 5.41) is 10.1. The number of hydrogen-bond donors (Lipinski definition) is 0. The molecular formula is C5H9O2S2. The van der Waals surface area contributed by atoms with Crippen LogP contribution in [0.3, 0.4) is 0 Å². The third-order valence-corrected chi connectivity index (χ3v) is 1.28. The smallest absolute Gasteiger partial charge is 0.301 e. The van der Waals surface area contributed by atoms with Crippen LogP contribution in [0, 0.1) is 0 Å². The molecule has 0 atom stereocenters. The summed E-state index contributed by atoms with van der Waals surface area (Å²) in [4.78, 5) is 0. The first-order chi connectivity index (χ1) is 3.92. The molecule has 0 aliphatic carbocycles. The van der Waals surface area contributed by atoms with Crippen molar-refractivity contribution in [1.82, 2.24) is 0 Å².